The van der Waals surface area contributed by atoms with Crippen molar-refractivity contribution in [3.8, 4) is 0 Å². The second-order valence-electron chi connectivity index (χ2n) is 6.95. The van der Waals surface area contributed by atoms with Crippen molar-refractivity contribution in [3.63, 3.8) is 0 Å². The van der Waals surface area contributed by atoms with E-state index in [1.165, 1.54) is 0 Å². The number of hydrogen-bond acceptors (Lipinski definition) is 4. The van der Waals surface area contributed by atoms with E-state index < -0.39 is 11.7 Å². The van der Waals surface area contributed by atoms with E-state index >= 15 is 0 Å². The largest absolute Gasteiger partial charge is 0.444 e. The number of ether oxygens (including phenoxy) is 1. The third kappa shape index (κ3) is 3.52. The molecule has 128 valence electrons. The highest BCUT2D eigenvalue weighted by molar-refractivity contribution is 8.00. The SMILES string of the molecule is CC(C)(C)OC(=O)N1CCS[C@H]1[C@H](O)c1cccc2ccccc12. The van der Waals surface area contributed by atoms with Crippen molar-refractivity contribution >= 4 is 28.6 Å². The van der Waals surface area contributed by atoms with E-state index in [-0.39, 0.29) is 11.5 Å². The summed E-state index contributed by atoms with van der Waals surface area (Å²) < 4.78 is 5.49. The topological polar surface area (TPSA) is 49.8 Å². The molecular formula is C19H23NO3S. The van der Waals surface area contributed by atoms with Crippen molar-refractivity contribution in [2.45, 2.75) is 37.9 Å². The fourth-order valence-electron chi connectivity index (χ4n) is 2.93. The zero-order valence-corrected chi connectivity index (χ0v) is 15.0. The molecule has 0 unspecified atom stereocenters. The molecule has 1 aliphatic rings. The number of carbonyl (C=O) groups excluding carboxylic acids is 1. The number of nitrogens with zero attached hydrogens (tertiary/aromatic N) is 1. The van der Waals surface area contributed by atoms with E-state index in [0.717, 1.165) is 22.1 Å². The van der Waals surface area contributed by atoms with Gasteiger partial charge in [0, 0.05) is 12.3 Å². The van der Waals surface area contributed by atoms with Crippen molar-refractivity contribution < 1.29 is 14.6 Å². The van der Waals surface area contributed by atoms with Crippen LogP contribution < -0.4 is 0 Å². The molecule has 2 atom stereocenters. The number of carbonyl (C=O) groups is 1. The van der Waals surface area contributed by atoms with Gasteiger partial charge in [-0.25, -0.2) is 4.79 Å². The van der Waals surface area contributed by atoms with Crippen LogP contribution in [0.3, 0.4) is 0 Å². The summed E-state index contributed by atoms with van der Waals surface area (Å²) in [4.78, 5) is 14.1. The van der Waals surface area contributed by atoms with Gasteiger partial charge >= 0.3 is 6.09 Å². The van der Waals surface area contributed by atoms with Gasteiger partial charge in [-0.05, 0) is 37.1 Å². The second kappa shape index (κ2) is 6.65. The molecule has 24 heavy (non-hydrogen) atoms. The minimum Gasteiger partial charge on any atom is -0.444 e. The predicted molar refractivity (Wildman–Crippen MR) is 98.1 cm³/mol. The lowest BCUT2D eigenvalue weighted by molar-refractivity contribution is 0.0134. The molecule has 2 aromatic rings. The van der Waals surface area contributed by atoms with Crippen molar-refractivity contribution in [2.24, 2.45) is 0 Å². The number of aliphatic hydroxyl groups excluding tert-OH is 1. The van der Waals surface area contributed by atoms with Gasteiger partial charge in [0.05, 0.1) is 0 Å². The molecule has 2 aromatic carbocycles. The van der Waals surface area contributed by atoms with Crippen LogP contribution in [0.25, 0.3) is 10.8 Å². The van der Waals surface area contributed by atoms with Gasteiger partial charge in [0.15, 0.2) is 0 Å². The number of aliphatic hydroxyl groups is 1. The minimum atomic E-state index is -0.754. The molecule has 1 fully saturated rings. The molecule has 1 amide bonds. The fourth-order valence-corrected chi connectivity index (χ4v) is 4.17. The van der Waals surface area contributed by atoms with Crippen LogP contribution in [0.2, 0.25) is 0 Å². The molecule has 0 bridgehead atoms. The van der Waals surface area contributed by atoms with Gasteiger partial charge in [-0.1, -0.05) is 42.5 Å². The summed E-state index contributed by atoms with van der Waals surface area (Å²) in [5.74, 6) is 0.797. The quantitative estimate of drug-likeness (QED) is 0.887. The maximum absolute atomic E-state index is 12.4. The first-order valence-electron chi connectivity index (χ1n) is 8.14. The normalized spacial score (nSPS) is 19.5. The summed E-state index contributed by atoms with van der Waals surface area (Å²) in [6, 6.07) is 13.9. The van der Waals surface area contributed by atoms with Crippen LogP contribution in [-0.4, -0.2) is 39.4 Å². The predicted octanol–water partition coefficient (Wildman–Crippen LogP) is 4.18. The highest BCUT2D eigenvalue weighted by Crippen LogP contribution is 2.37. The number of fused-ring (bicyclic) bond motifs is 1. The molecule has 0 spiro atoms. The van der Waals surface area contributed by atoms with Gasteiger partial charge in [0.25, 0.3) is 0 Å². The van der Waals surface area contributed by atoms with Crippen molar-refractivity contribution in [3.05, 3.63) is 48.0 Å². The van der Waals surface area contributed by atoms with E-state index in [4.69, 9.17) is 4.74 Å². The van der Waals surface area contributed by atoms with Crippen LogP contribution in [0.1, 0.15) is 32.4 Å². The lowest BCUT2D eigenvalue weighted by Gasteiger charge is -2.30. The lowest BCUT2D eigenvalue weighted by Crippen LogP contribution is -2.41. The Morgan fingerprint density at radius 2 is 1.96 bits per heavy atom. The Hall–Kier alpha value is -1.72. The van der Waals surface area contributed by atoms with Crippen LogP contribution >= 0.6 is 11.8 Å². The summed E-state index contributed by atoms with van der Waals surface area (Å²) in [7, 11) is 0. The third-order valence-corrected chi connectivity index (χ3v) is 5.24. The maximum atomic E-state index is 12.4. The molecule has 1 N–H and O–H groups in total. The maximum Gasteiger partial charge on any atom is 0.411 e. The zero-order valence-electron chi connectivity index (χ0n) is 14.2. The first kappa shape index (κ1) is 17.1. The molecule has 1 heterocycles. The summed E-state index contributed by atoms with van der Waals surface area (Å²) in [5.41, 5.74) is 0.306. The standard InChI is InChI=1S/C19H23NO3S/c1-19(2,3)23-18(22)20-11-12-24-17(20)16(21)15-10-6-8-13-7-4-5-9-14(13)15/h4-10,16-17,21H,11-12H2,1-3H3/t16-,17+/m1/s1. The van der Waals surface area contributed by atoms with Gasteiger partial charge in [-0.3, -0.25) is 4.90 Å². The van der Waals surface area contributed by atoms with Crippen molar-refractivity contribution in [1.29, 1.82) is 0 Å². The summed E-state index contributed by atoms with van der Waals surface area (Å²) >= 11 is 1.59. The Labute approximate surface area is 146 Å². The van der Waals surface area contributed by atoms with Gasteiger partial charge in [0.1, 0.15) is 17.1 Å². The third-order valence-electron chi connectivity index (χ3n) is 3.97. The molecule has 1 aliphatic heterocycles. The van der Waals surface area contributed by atoms with Crippen molar-refractivity contribution in [2.75, 3.05) is 12.3 Å². The van der Waals surface area contributed by atoms with Gasteiger partial charge in [0.2, 0.25) is 0 Å². The molecule has 4 nitrogen and oxygen atoms in total. The molecule has 0 radical (unpaired) electrons. The average Bonchev–Trinajstić information content (AvgIpc) is 3.02. The van der Waals surface area contributed by atoms with E-state index in [1.807, 2.05) is 63.2 Å². The Morgan fingerprint density at radius 3 is 2.71 bits per heavy atom. The smallest absolute Gasteiger partial charge is 0.411 e. The number of hydrogen-bond donors (Lipinski definition) is 1. The van der Waals surface area contributed by atoms with Crippen LogP contribution in [0.15, 0.2) is 42.5 Å². The lowest BCUT2D eigenvalue weighted by atomic mass is 10.00. The van der Waals surface area contributed by atoms with E-state index in [0.29, 0.717) is 6.54 Å². The summed E-state index contributed by atoms with van der Waals surface area (Å²) in [6.45, 7) is 6.14. The molecule has 1 saturated heterocycles. The Balaban J connectivity index is 1.88. The van der Waals surface area contributed by atoms with E-state index in [9.17, 15) is 9.90 Å². The highest BCUT2D eigenvalue weighted by Gasteiger charge is 2.38. The summed E-state index contributed by atoms with van der Waals surface area (Å²) in [6.07, 6.45) is -1.12. The molecule has 3 rings (SSSR count). The summed E-state index contributed by atoms with van der Waals surface area (Å²) in [5, 5.41) is 12.7. The Bertz CT molecular complexity index is 735. The monoisotopic (exact) mass is 345 g/mol. The van der Waals surface area contributed by atoms with Gasteiger partial charge < -0.3 is 9.84 Å². The van der Waals surface area contributed by atoms with E-state index in [2.05, 4.69) is 0 Å². The number of amides is 1. The Morgan fingerprint density at radius 1 is 1.25 bits per heavy atom. The molecule has 0 saturated carbocycles. The molecule has 5 heteroatoms. The van der Waals surface area contributed by atoms with Crippen LogP contribution in [-0.2, 0) is 4.74 Å². The Kier molecular flexibility index (Phi) is 4.74. The molecule has 0 aliphatic carbocycles. The molecular weight excluding hydrogens is 322 g/mol. The minimum absolute atomic E-state index is 0.328. The van der Waals surface area contributed by atoms with Gasteiger partial charge in [-0.15, -0.1) is 11.8 Å². The van der Waals surface area contributed by atoms with E-state index in [1.54, 1.807) is 16.7 Å². The first-order valence-corrected chi connectivity index (χ1v) is 9.19. The fraction of sp³-hybridized carbons (Fsp3) is 0.421. The van der Waals surface area contributed by atoms with Crippen LogP contribution in [0.4, 0.5) is 4.79 Å². The van der Waals surface area contributed by atoms with Gasteiger partial charge in [-0.2, -0.15) is 0 Å². The van der Waals surface area contributed by atoms with Crippen molar-refractivity contribution in [1.82, 2.24) is 4.90 Å². The number of rotatable bonds is 2. The second-order valence-corrected chi connectivity index (χ2v) is 8.17. The highest BCUT2D eigenvalue weighted by atomic mass is 32.2. The average molecular weight is 345 g/mol. The number of benzene rings is 2. The first-order chi connectivity index (χ1) is 11.4. The number of thioether (sulfide) groups is 1. The van der Waals surface area contributed by atoms with Crippen LogP contribution in [0.5, 0.6) is 0 Å². The van der Waals surface area contributed by atoms with Crippen LogP contribution in [0, 0.1) is 0 Å². The zero-order chi connectivity index (χ0) is 17.3. The molecule has 0 aromatic heterocycles.